The Kier molecular flexibility index (Phi) is 6.16. The van der Waals surface area contributed by atoms with E-state index < -0.39 is 6.29 Å². The number of methoxy groups -OCH3 is 2. The van der Waals surface area contributed by atoms with Gasteiger partial charge in [0.15, 0.2) is 6.29 Å². The summed E-state index contributed by atoms with van der Waals surface area (Å²) in [4.78, 5) is 11.3. The molecule has 0 saturated carbocycles. The molecule has 0 aromatic carbocycles. The van der Waals surface area contributed by atoms with Crippen LogP contribution >= 0.6 is 0 Å². The predicted molar refractivity (Wildman–Crippen MR) is 52.8 cm³/mol. The summed E-state index contributed by atoms with van der Waals surface area (Å²) in [5.41, 5.74) is 1.26. The lowest BCUT2D eigenvalue weighted by Gasteiger charge is -2.16. The van der Waals surface area contributed by atoms with E-state index in [1.165, 1.54) is 14.2 Å². The third-order valence-electron chi connectivity index (χ3n) is 1.95. The van der Waals surface area contributed by atoms with Gasteiger partial charge in [-0.05, 0) is 26.3 Å². The minimum atomic E-state index is -0.487. The minimum absolute atomic E-state index is 0.330. The Morgan fingerprint density at radius 3 is 2.07 bits per heavy atom. The first-order chi connectivity index (χ1) is 6.58. The van der Waals surface area contributed by atoms with Crippen molar-refractivity contribution in [2.24, 2.45) is 0 Å². The monoisotopic (exact) mass is 202 g/mol. The van der Waals surface area contributed by atoms with Crippen LogP contribution in [0, 0.1) is 0 Å². The molecule has 0 aromatic heterocycles. The van der Waals surface area contributed by atoms with E-state index in [4.69, 9.17) is 14.2 Å². The SMILES string of the molecule is CCOC(=O)C(C)=C(C)C(OC)OC. The predicted octanol–water partition coefficient (Wildman–Crippen LogP) is 1.50. The molecule has 0 radical (unpaired) electrons. The van der Waals surface area contributed by atoms with E-state index in [1.807, 2.05) is 0 Å². The highest BCUT2D eigenvalue weighted by atomic mass is 16.7. The molecule has 0 saturated heterocycles. The third kappa shape index (κ3) is 3.47. The van der Waals surface area contributed by atoms with Gasteiger partial charge >= 0.3 is 5.97 Å². The molecule has 0 heterocycles. The van der Waals surface area contributed by atoms with Gasteiger partial charge < -0.3 is 14.2 Å². The van der Waals surface area contributed by atoms with Crippen molar-refractivity contribution in [1.29, 1.82) is 0 Å². The van der Waals surface area contributed by atoms with E-state index in [1.54, 1.807) is 20.8 Å². The van der Waals surface area contributed by atoms with Crippen LogP contribution in [0.15, 0.2) is 11.1 Å². The smallest absolute Gasteiger partial charge is 0.333 e. The highest BCUT2D eigenvalue weighted by molar-refractivity contribution is 5.88. The van der Waals surface area contributed by atoms with Crippen LogP contribution in [0.5, 0.6) is 0 Å². The van der Waals surface area contributed by atoms with E-state index in [9.17, 15) is 4.79 Å². The fourth-order valence-electron chi connectivity index (χ4n) is 1.03. The van der Waals surface area contributed by atoms with Crippen LogP contribution < -0.4 is 0 Å². The van der Waals surface area contributed by atoms with E-state index >= 15 is 0 Å². The van der Waals surface area contributed by atoms with Crippen molar-refractivity contribution in [2.75, 3.05) is 20.8 Å². The summed E-state index contributed by atoms with van der Waals surface area (Å²) >= 11 is 0. The van der Waals surface area contributed by atoms with Crippen LogP contribution in [-0.4, -0.2) is 33.1 Å². The summed E-state index contributed by atoms with van der Waals surface area (Å²) in [7, 11) is 3.05. The van der Waals surface area contributed by atoms with Crippen LogP contribution in [0.2, 0.25) is 0 Å². The first-order valence-electron chi connectivity index (χ1n) is 4.48. The summed E-state index contributed by atoms with van der Waals surface area (Å²) in [6.45, 7) is 5.61. The molecule has 0 N–H and O–H groups in total. The molecule has 4 nitrogen and oxygen atoms in total. The summed E-state index contributed by atoms with van der Waals surface area (Å²) < 4.78 is 14.9. The first-order valence-corrected chi connectivity index (χ1v) is 4.48. The average Bonchev–Trinajstić information content (AvgIpc) is 2.18. The molecule has 4 heteroatoms. The van der Waals surface area contributed by atoms with E-state index in [0.29, 0.717) is 12.2 Å². The average molecular weight is 202 g/mol. The van der Waals surface area contributed by atoms with Crippen molar-refractivity contribution < 1.29 is 19.0 Å². The second-order valence-corrected chi connectivity index (χ2v) is 2.83. The van der Waals surface area contributed by atoms with Gasteiger partial charge in [-0.25, -0.2) is 4.79 Å². The van der Waals surface area contributed by atoms with Crippen molar-refractivity contribution in [3.63, 3.8) is 0 Å². The summed E-state index contributed by atoms with van der Waals surface area (Å²) in [5, 5.41) is 0. The lowest BCUT2D eigenvalue weighted by molar-refractivity contribution is -0.139. The van der Waals surface area contributed by atoms with Crippen LogP contribution in [0.1, 0.15) is 20.8 Å². The molecule has 0 atom stereocenters. The Hall–Kier alpha value is -0.870. The second-order valence-electron chi connectivity index (χ2n) is 2.83. The Balaban J connectivity index is 4.63. The maximum atomic E-state index is 11.3. The first kappa shape index (κ1) is 13.1. The number of ether oxygens (including phenoxy) is 3. The fraction of sp³-hybridized carbons (Fsp3) is 0.700. The fourth-order valence-corrected chi connectivity index (χ4v) is 1.03. The Labute approximate surface area is 84.8 Å². The van der Waals surface area contributed by atoms with Crippen molar-refractivity contribution in [1.82, 2.24) is 0 Å². The molecular formula is C10H18O4. The quantitative estimate of drug-likeness (QED) is 0.385. The molecule has 0 unspecified atom stereocenters. The second kappa shape index (κ2) is 6.56. The van der Waals surface area contributed by atoms with Crippen molar-refractivity contribution >= 4 is 5.97 Å². The molecule has 0 aliphatic heterocycles. The number of esters is 1. The van der Waals surface area contributed by atoms with Gasteiger partial charge in [0.05, 0.1) is 6.61 Å². The van der Waals surface area contributed by atoms with Gasteiger partial charge in [0.1, 0.15) is 0 Å². The summed E-state index contributed by atoms with van der Waals surface area (Å²) in [5.74, 6) is -0.330. The lowest BCUT2D eigenvalue weighted by atomic mass is 10.1. The van der Waals surface area contributed by atoms with Gasteiger partial charge in [0.25, 0.3) is 0 Å². The molecule has 0 spiro atoms. The Bertz CT molecular complexity index is 216. The van der Waals surface area contributed by atoms with Crippen LogP contribution in [0.3, 0.4) is 0 Å². The van der Waals surface area contributed by atoms with Crippen molar-refractivity contribution in [3.05, 3.63) is 11.1 Å². The van der Waals surface area contributed by atoms with E-state index in [0.717, 1.165) is 5.57 Å². The number of hydrogen-bond acceptors (Lipinski definition) is 4. The van der Waals surface area contributed by atoms with Crippen molar-refractivity contribution in [3.8, 4) is 0 Å². The molecular weight excluding hydrogens is 184 g/mol. The number of carbonyl (C=O) groups is 1. The topological polar surface area (TPSA) is 44.8 Å². The lowest BCUT2D eigenvalue weighted by Crippen LogP contribution is -2.18. The maximum absolute atomic E-state index is 11.3. The van der Waals surface area contributed by atoms with Gasteiger partial charge in [0, 0.05) is 19.8 Å². The van der Waals surface area contributed by atoms with E-state index in [2.05, 4.69) is 0 Å². The number of hydrogen-bond donors (Lipinski definition) is 0. The van der Waals surface area contributed by atoms with Crippen LogP contribution in [0.25, 0.3) is 0 Å². The van der Waals surface area contributed by atoms with Gasteiger partial charge in [0.2, 0.25) is 0 Å². The highest BCUT2D eigenvalue weighted by Crippen LogP contribution is 2.13. The molecule has 0 aromatic rings. The largest absolute Gasteiger partial charge is 0.463 e. The zero-order valence-corrected chi connectivity index (χ0v) is 9.42. The summed E-state index contributed by atoms with van der Waals surface area (Å²) in [6.07, 6.45) is -0.487. The van der Waals surface area contributed by atoms with Gasteiger partial charge in [-0.2, -0.15) is 0 Å². The Morgan fingerprint density at radius 2 is 1.71 bits per heavy atom. The third-order valence-corrected chi connectivity index (χ3v) is 1.95. The molecule has 82 valence electrons. The molecule has 0 fully saturated rings. The Morgan fingerprint density at radius 1 is 1.21 bits per heavy atom. The zero-order chi connectivity index (χ0) is 11.1. The van der Waals surface area contributed by atoms with Crippen LogP contribution in [-0.2, 0) is 19.0 Å². The zero-order valence-electron chi connectivity index (χ0n) is 9.42. The maximum Gasteiger partial charge on any atom is 0.333 e. The molecule has 14 heavy (non-hydrogen) atoms. The number of carbonyl (C=O) groups excluding carboxylic acids is 1. The van der Waals surface area contributed by atoms with Gasteiger partial charge in [-0.3, -0.25) is 0 Å². The summed E-state index contributed by atoms with van der Waals surface area (Å²) in [6, 6.07) is 0. The highest BCUT2D eigenvalue weighted by Gasteiger charge is 2.15. The molecule has 0 amide bonds. The van der Waals surface area contributed by atoms with Crippen molar-refractivity contribution in [2.45, 2.75) is 27.1 Å². The normalized spacial score (nSPS) is 12.7. The molecule has 0 bridgehead atoms. The van der Waals surface area contributed by atoms with Crippen LogP contribution in [0.4, 0.5) is 0 Å². The molecule has 0 rings (SSSR count). The standard InChI is InChI=1S/C10H18O4/c1-6-14-9(11)7(2)8(3)10(12-4)13-5/h10H,6H2,1-5H3. The minimum Gasteiger partial charge on any atom is -0.463 e. The van der Waals surface area contributed by atoms with Gasteiger partial charge in [-0.1, -0.05) is 0 Å². The molecule has 0 aliphatic carbocycles. The number of rotatable bonds is 5. The molecule has 0 aliphatic rings. The van der Waals surface area contributed by atoms with E-state index in [-0.39, 0.29) is 5.97 Å². The van der Waals surface area contributed by atoms with Gasteiger partial charge in [-0.15, -0.1) is 0 Å².